The van der Waals surface area contributed by atoms with E-state index in [1.54, 1.807) is 0 Å². The molecule has 1 aliphatic carbocycles. The minimum absolute atomic E-state index is 0.0211. The van der Waals surface area contributed by atoms with Crippen LogP contribution < -0.4 is 5.32 Å². The van der Waals surface area contributed by atoms with E-state index in [1.165, 1.54) is 53.8 Å². The Morgan fingerprint density at radius 2 is 1.34 bits per heavy atom. The standard InChI is InChI=1S/C27H21NS/c1-27(2)20-12-5-3-10-19(20)25-21(27)13-8-14-22(25)28-23-15-7-11-18-17-9-4-6-16-24(17)29-26(18)23/h3-16,28H,1-2H3. The first-order valence-electron chi connectivity index (χ1n) is 10.1. The van der Waals surface area contributed by atoms with E-state index in [1.807, 2.05) is 11.3 Å². The molecular weight excluding hydrogens is 370 g/mol. The Kier molecular flexibility index (Phi) is 3.45. The lowest BCUT2D eigenvalue weighted by molar-refractivity contribution is 0.660. The topological polar surface area (TPSA) is 12.0 Å². The summed E-state index contributed by atoms with van der Waals surface area (Å²) in [6.45, 7) is 4.66. The van der Waals surface area contributed by atoms with Crippen LogP contribution in [0.25, 0.3) is 31.3 Å². The highest BCUT2D eigenvalue weighted by Crippen LogP contribution is 2.52. The van der Waals surface area contributed by atoms with E-state index >= 15 is 0 Å². The number of thiophene rings is 1. The summed E-state index contributed by atoms with van der Waals surface area (Å²) in [7, 11) is 0. The fourth-order valence-corrected chi connectivity index (χ4v) is 6.02. The van der Waals surface area contributed by atoms with Gasteiger partial charge in [0, 0.05) is 32.1 Å². The third-order valence-electron chi connectivity index (χ3n) is 6.28. The fourth-order valence-electron chi connectivity index (χ4n) is 4.85. The van der Waals surface area contributed by atoms with Gasteiger partial charge in [0.2, 0.25) is 0 Å². The van der Waals surface area contributed by atoms with Crippen LogP contribution in [-0.2, 0) is 5.41 Å². The first kappa shape index (κ1) is 16.8. The average molecular weight is 392 g/mol. The molecule has 1 N–H and O–H groups in total. The van der Waals surface area contributed by atoms with Gasteiger partial charge in [0.1, 0.15) is 0 Å². The van der Waals surface area contributed by atoms with Gasteiger partial charge < -0.3 is 5.32 Å². The van der Waals surface area contributed by atoms with Crippen molar-refractivity contribution < 1.29 is 0 Å². The summed E-state index contributed by atoms with van der Waals surface area (Å²) in [5.41, 5.74) is 7.87. The predicted molar refractivity (Wildman–Crippen MR) is 127 cm³/mol. The lowest BCUT2D eigenvalue weighted by atomic mass is 9.82. The van der Waals surface area contributed by atoms with Crippen molar-refractivity contribution in [2.75, 3.05) is 5.32 Å². The van der Waals surface area contributed by atoms with Crippen molar-refractivity contribution in [3.63, 3.8) is 0 Å². The summed E-state index contributed by atoms with van der Waals surface area (Å²) in [4.78, 5) is 0. The van der Waals surface area contributed by atoms with E-state index in [2.05, 4.69) is 104 Å². The van der Waals surface area contributed by atoms with Gasteiger partial charge in [-0.1, -0.05) is 80.6 Å². The molecular formula is C27H21NS. The maximum atomic E-state index is 3.80. The molecule has 0 atom stereocenters. The normalized spacial score (nSPS) is 14.1. The molecule has 4 aromatic carbocycles. The minimum Gasteiger partial charge on any atom is -0.354 e. The Morgan fingerprint density at radius 3 is 2.28 bits per heavy atom. The molecule has 0 saturated heterocycles. The van der Waals surface area contributed by atoms with Gasteiger partial charge in [0.05, 0.1) is 10.4 Å². The molecule has 0 radical (unpaired) electrons. The predicted octanol–water partition coefficient (Wildman–Crippen LogP) is 8.10. The maximum absolute atomic E-state index is 3.80. The van der Waals surface area contributed by atoms with Crippen molar-refractivity contribution in [3.8, 4) is 11.1 Å². The number of nitrogens with one attached hydrogen (secondary N) is 1. The summed E-state index contributed by atoms with van der Waals surface area (Å²) < 4.78 is 2.65. The highest BCUT2D eigenvalue weighted by atomic mass is 32.1. The van der Waals surface area contributed by atoms with Crippen LogP contribution in [0.15, 0.2) is 84.9 Å². The zero-order valence-corrected chi connectivity index (χ0v) is 17.3. The van der Waals surface area contributed by atoms with Crippen LogP contribution in [0, 0.1) is 0 Å². The summed E-state index contributed by atoms with van der Waals surface area (Å²) in [5.74, 6) is 0. The molecule has 1 nitrogen and oxygen atoms in total. The van der Waals surface area contributed by atoms with Gasteiger partial charge in [-0.05, 0) is 34.9 Å². The van der Waals surface area contributed by atoms with Gasteiger partial charge in [0.15, 0.2) is 0 Å². The molecule has 1 aliphatic rings. The Labute approximate surface area is 174 Å². The molecule has 140 valence electrons. The molecule has 2 heteroatoms. The van der Waals surface area contributed by atoms with E-state index in [0.29, 0.717) is 0 Å². The molecule has 0 aliphatic heterocycles. The van der Waals surface area contributed by atoms with E-state index in [0.717, 1.165) is 0 Å². The second-order valence-electron chi connectivity index (χ2n) is 8.30. The first-order chi connectivity index (χ1) is 14.1. The number of anilines is 2. The second-order valence-corrected chi connectivity index (χ2v) is 9.36. The molecule has 0 unspecified atom stereocenters. The van der Waals surface area contributed by atoms with Crippen molar-refractivity contribution in [1.82, 2.24) is 0 Å². The van der Waals surface area contributed by atoms with E-state index < -0.39 is 0 Å². The molecule has 0 amide bonds. The van der Waals surface area contributed by atoms with Crippen molar-refractivity contribution in [2.45, 2.75) is 19.3 Å². The van der Waals surface area contributed by atoms with E-state index in [4.69, 9.17) is 0 Å². The van der Waals surface area contributed by atoms with Crippen LogP contribution in [0.3, 0.4) is 0 Å². The zero-order chi connectivity index (χ0) is 19.6. The fraction of sp³-hybridized carbons (Fsp3) is 0.111. The summed E-state index contributed by atoms with van der Waals surface area (Å²) in [6, 6.07) is 30.8. The lowest BCUT2D eigenvalue weighted by Gasteiger charge is -2.21. The number of rotatable bonds is 2. The molecule has 6 rings (SSSR count). The quantitative estimate of drug-likeness (QED) is 0.320. The molecule has 0 saturated carbocycles. The van der Waals surface area contributed by atoms with Crippen LogP contribution in [0.4, 0.5) is 11.4 Å². The molecule has 1 aromatic heterocycles. The average Bonchev–Trinajstić information content (AvgIpc) is 3.23. The highest BCUT2D eigenvalue weighted by Gasteiger charge is 2.36. The Balaban J connectivity index is 1.56. The summed E-state index contributed by atoms with van der Waals surface area (Å²) >= 11 is 1.86. The van der Waals surface area contributed by atoms with Gasteiger partial charge in [-0.25, -0.2) is 0 Å². The van der Waals surface area contributed by atoms with Crippen LogP contribution in [0.2, 0.25) is 0 Å². The van der Waals surface area contributed by atoms with Gasteiger partial charge in [-0.2, -0.15) is 0 Å². The SMILES string of the molecule is CC1(C)c2ccccc2-c2c(Nc3cccc4c3sc3ccccc34)cccc21. The van der Waals surface area contributed by atoms with E-state index in [-0.39, 0.29) is 5.41 Å². The number of hydrogen-bond donors (Lipinski definition) is 1. The lowest BCUT2D eigenvalue weighted by Crippen LogP contribution is -2.14. The minimum atomic E-state index is 0.0211. The van der Waals surface area contributed by atoms with Gasteiger partial charge in [-0.3, -0.25) is 0 Å². The van der Waals surface area contributed by atoms with Crippen LogP contribution in [0.5, 0.6) is 0 Å². The Hall–Kier alpha value is -3.10. The van der Waals surface area contributed by atoms with Crippen LogP contribution in [-0.4, -0.2) is 0 Å². The van der Waals surface area contributed by atoms with Crippen LogP contribution in [0.1, 0.15) is 25.0 Å². The Bertz CT molecular complexity index is 1410. The molecule has 1 heterocycles. The second kappa shape index (κ2) is 5.95. The molecule has 29 heavy (non-hydrogen) atoms. The smallest absolute Gasteiger partial charge is 0.0590 e. The van der Waals surface area contributed by atoms with Crippen molar-refractivity contribution in [3.05, 3.63) is 96.1 Å². The highest BCUT2D eigenvalue weighted by molar-refractivity contribution is 7.26. The number of benzene rings is 4. The van der Waals surface area contributed by atoms with Crippen molar-refractivity contribution in [2.24, 2.45) is 0 Å². The van der Waals surface area contributed by atoms with Crippen molar-refractivity contribution in [1.29, 1.82) is 0 Å². The summed E-state index contributed by atoms with van der Waals surface area (Å²) in [6.07, 6.45) is 0. The van der Waals surface area contributed by atoms with Gasteiger partial charge in [-0.15, -0.1) is 11.3 Å². The number of hydrogen-bond acceptors (Lipinski definition) is 2. The third kappa shape index (κ3) is 2.33. The molecule has 0 bridgehead atoms. The largest absolute Gasteiger partial charge is 0.354 e. The first-order valence-corrected chi connectivity index (χ1v) is 10.9. The summed E-state index contributed by atoms with van der Waals surface area (Å²) in [5, 5.41) is 6.45. The van der Waals surface area contributed by atoms with E-state index in [9.17, 15) is 0 Å². The monoisotopic (exact) mass is 391 g/mol. The van der Waals surface area contributed by atoms with Crippen LogP contribution >= 0.6 is 11.3 Å². The molecule has 0 spiro atoms. The molecule has 5 aromatic rings. The van der Waals surface area contributed by atoms with Gasteiger partial charge >= 0.3 is 0 Å². The third-order valence-corrected chi connectivity index (χ3v) is 7.50. The molecule has 0 fully saturated rings. The number of fused-ring (bicyclic) bond motifs is 6. The maximum Gasteiger partial charge on any atom is 0.0590 e. The van der Waals surface area contributed by atoms with Crippen molar-refractivity contribution >= 4 is 42.9 Å². The Morgan fingerprint density at radius 1 is 0.655 bits per heavy atom. The zero-order valence-electron chi connectivity index (χ0n) is 16.5. The van der Waals surface area contributed by atoms with Gasteiger partial charge in [0.25, 0.3) is 0 Å².